The molecule has 3 N–H and O–H groups in total. The number of fused-ring (bicyclic) bond motifs is 1. The van der Waals surface area contributed by atoms with Crippen LogP contribution in [0.4, 0.5) is 24.8 Å². The molecular weight excluding hydrogens is 459 g/mol. The van der Waals surface area contributed by atoms with E-state index in [0.29, 0.717) is 11.0 Å². The third kappa shape index (κ3) is 4.51. The summed E-state index contributed by atoms with van der Waals surface area (Å²) in [4.78, 5) is 22.6. The van der Waals surface area contributed by atoms with Crippen LogP contribution in [0.25, 0.3) is 11.0 Å². The Kier molecular flexibility index (Phi) is 5.54. The van der Waals surface area contributed by atoms with Crippen molar-refractivity contribution in [1.82, 2.24) is 20.3 Å². The van der Waals surface area contributed by atoms with Gasteiger partial charge in [0.25, 0.3) is 5.91 Å². The number of imidazole rings is 1. The first-order valence-electron chi connectivity index (χ1n) is 9.45. The predicted molar refractivity (Wildman–Crippen MR) is 114 cm³/mol. The Bertz CT molecular complexity index is 1470. The summed E-state index contributed by atoms with van der Waals surface area (Å²) in [6.45, 7) is 0. The van der Waals surface area contributed by atoms with Gasteiger partial charge in [0, 0.05) is 18.9 Å². The molecule has 2 heterocycles. The molecule has 0 aliphatic carbocycles. The van der Waals surface area contributed by atoms with Crippen molar-refractivity contribution in [3.8, 4) is 0 Å². The van der Waals surface area contributed by atoms with E-state index >= 15 is 0 Å². The highest BCUT2D eigenvalue weighted by molar-refractivity contribution is 7.91. The molecule has 0 saturated carbocycles. The van der Waals surface area contributed by atoms with Crippen molar-refractivity contribution >= 4 is 38.4 Å². The number of aromatic nitrogens is 3. The molecule has 0 unspecified atom stereocenters. The minimum Gasteiger partial charge on any atom is -0.354 e. The average Bonchev–Trinajstić information content (AvgIpc) is 3.19. The number of halogens is 3. The molecule has 0 bridgehead atoms. The molecule has 0 saturated heterocycles. The van der Waals surface area contributed by atoms with Crippen LogP contribution in [-0.4, -0.2) is 36.3 Å². The Morgan fingerprint density at radius 3 is 2.52 bits per heavy atom. The molecule has 2 aromatic heterocycles. The van der Waals surface area contributed by atoms with Crippen molar-refractivity contribution in [3.05, 3.63) is 72.1 Å². The fourth-order valence-corrected chi connectivity index (χ4v) is 4.39. The number of nitrogens with one attached hydrogen (secondary N) is 3. The van der Waals surface area contributed by atoms with E-state index in [1.807, 2.05) is 0 Å². The molecule has 4 aromatic rings. The molecule has 12 heteroatoms. The van der Waals surface area contributed by atoms with Gasteiger partial charge in [0.2, 0.25) is 15.8 Å². The molecular formula is C21H16F3N5O3S. The van der Waals surface area contributed by atoms with E-state index in [0.717, 1.165) is 12.1 Å². The van der Waals surface area contributed by atoms with Gasteiger partial charge in [0.15, 0.2) is 0 Å². The number of aromatic amines is 1. The SMILES string of the molecule is CNC(=O)c1cc(S(=O)(=O)c2ccc3nc(Nc4cccc(C(F)(F)F)c4)[nH]c3c2)ccn1. The summed E-state index contributed by atoms with van der Waals surface area (Å²) < 4.78 is 64.9. The number of alkyl halides is 3. The summed E-state index contributed by atoms with van der Waals surface area (Å²) in [7, 11) is -2.57. The molecule has 0 spiro atoms. The Morgan fingerprint density at radius 1 is 1.03 bits per heavy atom. The number of H-pyrrole nitrogens is 1. The summed E-state index contributed by atoms with van der Waals surface area (Å²) in [6.07, 6.45) is -3.26. The van der Waals surface area contributed by atoms with E-state index in [9.17, 15) is 26.4 Å². The number of amides is 1. The highest BCUT2D eigenvalue weighted by Crippen LogP contribution is 2.31. The predicted octanol–water partition coefficient (Wildman–Crippen LogP) is 3.91. The van der Waals surface area contributed by atoms with E-state index in [-0.39, 0.29) is 27.1 Å². The summed E-state index contributed by atoms with van der Waals surface area (Å²) in [5.41, 5.74) is 0.0600. The van der Waals surface area contributed by atoms with E-state index in [1.165, 1.54) is 55.7 Å². The Balaban J connectivity index is 1.65. The molecule has 0 radical (unpaired) electrons. The molecule has 4 rings (SSSR count). The van der Waals surface area contributed by atoms with Crippen molar-refractivity contribution in [2.75, 3.05) is 12.4 Å². The lowest BCUT2D eigenvalue weighted by Gasteiger charge is -2.08. The van der Waals surface area contributed by atoms with E-state index < -0.39 is 27.5 Å². The number of hydrogen-bond acceptors (Lipinski definition) is 6. The standard InChI is InChI=1S/C21H16F3N5O3S/c1-25-19(30)18-11-15(7-8-26-18)33(31,32)14-5-6-16-17(10-14)29-20(28-16)27-13-4-2-3-12(9-13)21(22,23)24/h2-11H,1H3,(H,25,30)(H2,27,28,29). The van der Waals surface area contributed by atoms with Gasteiger partial charge in [-0.3, -0.25) is 9.78 Å². The Labute approximate surface area is 185 Å². The number of pyridine rings is 1. The maximum atomic E-state index is 13.1. The number of benzene rings is 2. The van der Waals surface area contributed by atoms with Gasteiger partial charge in [-0.15, -0.1) is 0 Å². The summed E-state index contributed by atoms with van der Waals surface area (Å²) >= 11 is 0. The van der Waals surface area contributed by atoms with Gasteiger partial charge in [-0.2, -0.15) is 13.2 Å². The van der Waals surface area contributed by atoms with Gasteiger partial charge in [0.05, 0.1) is 26.4 Å². The topological polar surface area (TPSA) is 117 Å². The summed E-state index contributed by atoms with van der Waals surface area (Å²) in [5, 5.41) is 5.13. The second-order valence-electron chi connectivity index (χ2n) is 6.93. The van der Waals surface area contributed by atoms with Crippen LogP contribution in [0, 0.1) is 0 Å². The lowest BCUT2D eigenvalue weighted by atomic mass is 10.2. The molecule has 0 atom stereocenters. The van der Waals surface area contributed by atoms with Crippen LogP contribution in [0.3, 0.4) is 0 Å². The normalized spacial score (nSPS) is 12.0. The van der Waals surface area contributed by atoms with Gasteiger partial charge < -0.3 is 15.6 Å². The first-order valence-corrected chi connectivity index (χ1v) is 10.9. The van der Waals surface area contributed by atoms with Gasteiger partial charge in [-0.05, 0) is 48.5 Å². The zero-order valence-electron chi connectivity index (χ0n) is 16.9. The number of rotatable bonds is 5. The third-order valence-corrected chi connectivity index (χ3v) is 6.47. The first-order chi connectivity index (χ1) is 15.6. The fourth-order valence-electron chi connectivity index (χ4n) is 3.09. The lowest BCUT2D eigenvalue weighted by molar-refractivity contribution is -0.137. The summed E-state index contributed by atoms with van der Waals surface area (Å²) in [6, 6.07) is 11.2. The number of carbonyl (C=O) groups excluding carboxylic acids is 1. The van der Waals surface area contributed by atoms with E-state index in [2.05, 4.69) is 25.6 Å². The second kappa shape index (κ2) is 8.20. The van der Waals surface area contributed by atoms with Gasteiger partial charge >= 0.3 is 6.18 Å². The third-order valence-electron chi connectivity index (χ3n) is 4.72. The maximum absolute atomic E-state index is 13.1. The van der Waals surface area contributed by atoms with Crippen LogP contribution in [0.1, 0.15) is 16.1 Å². The largest absolute Gasteiger partial charge is 0.416 e. The van der Waals surface area contributed by atoms with Crippen molar-refractivity contribution < 1.29 is 26.4 Å². The Hall–Kier alpha value is -3.93. The zero-order valence-corrected chi connectivity index (χ0v) is 17.8. The monoisotopic (exact) mass is 475 g/mol. The number of anilines is 2. The average molecular weight is 475 g/mol. The van der Waals surface area contributed by atoms with Crippen molar-refractivity contribution in [1.29, 1.82) is 0 Å². The van der Waals surface area contributed by atoms with Crippen LogP contribution in [0.15, 0.2) is 70.6 Å². The van der Waals surface area contributed by atoms with Crippen LogP contribution < -0.4 is 10.6 Å². The van der Waals surface area contributed by atoms with Crippen LogP contribution in [-0.2, 0) is 16.0 Å². The molecule has 0 aliphatic rings. The van der Waals surface area contributed by atoms with Gasteiger partial charge in [0.1, 0.15) is 5.69 Å². The molecule has 8 nitrogen and oxygen atoms in total. The molecule has 2 aromatic carbocycles. The smallest absolute Gasteiger partial charge is 0.354 e. The van der Waals surface area contributed by atoms with Crippen LogP contribution in [0.2, 0.25) is 0 Å². The van der Waals surface area contributed by atoms with Crippen molar-refractivity contribution in [2.45, 2.75) is 16.0 Å². The summed E-state index contributed by atoms with van der Waals surface area (Å²) in [5.74, 6) is -0.383. The molecule has 33 heavy (non-hydrogen) atoms. The van der Waals surface area contributed by atoms with Crippen molar-refractivity contribution in [3.63, 3.8) is 0 Å². The highest BCUT2D eigenvalue weighted by atomic mass is 32.2. The minimum absolute atomic E-state index is 0.0474. The number of nitrogens with zero attached hydrogens (tertiary/aromatic N) is 2. The zero-order chi connectivity index (χ0) is 23.8. The molecule has 1 amide bonds. The second-order valence-corrected chi connectivity index (χ2v) is 8.88. The lowest BCUT2D eigenvalue weighted by Crippen LogP contribution is -2.19. The van der Waals surface area contributed by atoms with Gasteiger partial charge in [-0.25, -0.2) is 13.4 Å². The van der Waals surface area contributed by atoms with Crippen LogP contribution >= 0.6 is 0 Å². The first kappa shape index (κ1) is 22.3. The van der Waals surface area contributed by atoms with Gasteiger partial charge in [-0.1, -0.05) is 6.07 Å². The molecule has 0 aliphatic heterocycles. The van der Waals surface area contributed by atoms with E-state index in [4.69, 9.17) is 0 Å². The maximum Gasteiger partial charge on any atom is 0.416 e. The van der Waals surface area contributed by atoms with E-state index in [1.54, 1.807) is 0 Å². The Morgan fingerprint density at radius 2 is 1.79 bits per heavy atom. The fraction of sp³-hybridized carbons (Fsp3) is 0.0952. The number of carbonyl (C=O) groups is 1. The van der Waals surface area contributed by atoms with Crippen molar-refractivity contribution in [2.24, 2.45) is 0 Å². The molecule has 0 fully saturated rings. The highest BCUT2D eigenvalue weighted by Gasteiger charge is 2.30. The van der Waals surface area contributed by atoms with Crippen LogP contribution in [0.5, 0.6) is 0 Å². The number of hydrogen-bond donors (Lipinski definition) is 3. The minimum atomic E-state index is -4.49. The quantitative estimate of drug-likeness (QED) is 0.403. The molecule has 170 valence electrons. The number of sulfone groups is 1.